The first-order chi connectivity index (χ1) is 5.33. The smallest absolute Gasteiger partial charge is 0.158 e. The molecule has 0 aromatic rings. The summed E-state index contributed by atoms with van der Waals surface area (Å²) >= 11 is 0. The molecule has 2 nitrogen and oxygen atoms in total. The molecule has 0 amide bonds. The summed E-state index contributed by atoms with van der Waals surface area (Å²) in [6.07, 6.45) is 5.25. The second-order valence-corrected chi connectivity index (χ2v) is 3.21. The summed E-state index contributed by atoms with van der Waals surface area (Å²) in [4.78, 5) is 0. The average Bonchev–Trinajstić information content (AvgIpc) is 2.37. The zero-order chi connectivity index (χ0) is 8.10. The predicted molar refractivity (Wildman–Crippen MR) is 44.4 cm³/mol. The molecule has 1 heterocycles. The summed E-state index contributed by atoms with van der Waals surface area (Å²) < 4.78 is 10.9. The zero-order valence-corrected chi connectivity index (χ0v) is 7.51. The first-order valence-electron chi connectivity index (χ1n) is 4.60. The van der Waals surface area contributed by atoms with Crippen molar-refractivity contribution in [3.63, 3.8) is 0 Å². The fourth-order valence-corrected chi connectivity index (χ4v) is 1.29. The molecular weight excluding hydrogens is 140 g/mol. The van der Waals surface area contributed by atoms with Gasteiger partial charge >= 0.3 is 0 Å². The first kappa shape index (κ1) is 9.01. The van der Waals surface area contributed by atoms with Gasteiger partial charge in [0.1, 0.15) is 0 Å². The molecule has 2 atom stereocenters. The SMILES string of the molecule is CCCCC[C@@H]1OC[C@@H](C)O1. The minimum absolute atomic E-state index is 0.0940. The molecule has 0 saturated carbocycles. The molecule has 0 radical (unpaired) electrons. The van der Waals surface area contributed by atoms with Crippen LogP contribution < -0.4 is 0 Å². The molecule has 1 saturated heterocycles. The molecule has 0 aromatic heterocycles. The quantitative estimate of drug-likeness (QED) is 0.585. The fourth-order valence-electron chi connectivity index (χ4n) is 1.29. The monoisotopic (exact) mass is 158 g/mol. The molecule has 1 rings (SSSR count). The molecular formula is C9H18O2. The lowest BCUT2D eigenvalue weighted by Crippen LogP contribution is -2.08. The van der Waals surface area contributed by atoms with Crippen molar-refractivity contribution in [2.75, 3.05) is 6.61 Å². The van der Waals surface area contributed by atoms with Gasteiger partial charge in [-0.15, -0.1) is 0 Å². The molecule has 0 aliphatic carbocycles. The van der Waals surface area contributed by atoms with Gasteiger partial charge < -0.3 is 9.47 Å². The Kier molecular flexibility index (Phi) is 3.87. The van der Waals surface area contributed by atoms with E-state index in [1.807, 2.05) is 0 Å². The van der Waals surface area contributed by atoms with Gasteiger partial charge in [0.15, 0.2) is 6.29 Å². The van der Waals surface area contributed by atoms with Crippen LogP contribution in [0.3, 0.4) is 0 Å². The largest absolute Gasteiger partial charge is 0.350 e. The summed E-state index contributed by atoms with van der Waals surface area (Å²) in [5.74, 6) is 0. The Hall–Kier alpha value is -0.0800. The van der Waals surface area contributed by atoms with Gasteiger partial charge in [-0.2, -0.15) is 0 Å². The van der Waals surface area contributed by atoms with Gasteiger partial charge in [-0.25, -0.2) is 0 Å². The van der Waals surface area contributed by atoms with Gasteiger partial charge in [0.05, 0.1) is 12.7 Å². The topological polar surface area (TPSA) is 18.5 Å². The second-order valence-electron chi connectivity index (χ2n) is 3.21. The normalized spacial score (nSPS) is 31.1. The van der Waals surface area contributed by atoms with Gasteiger partial charge in [-0.05, 0) is 19.8 Å². The highest BCUT2D eigenvalue weighted by molar-refractivity contribution is 4.59. The Labute approximate surface area is 68.9 Å². The van der Waals surface area contributed by atoms with Crippen LogP contribution in [-0.2, 0) is 9.47 Å². The third-order valence-electron chi connectivity index (χ3n) is 1.94. The maximum absolute atomic E-state index is 5.49. The van der Waals surface area contributed by atoms with Crippen LogP contribution in [0.15, 0.2) is 0 Å². The molecule has 66 valence electrons. The Bertz CT molecular complexity index is 104. The molecule has 0 aromatic carbocycles. The van der Waals surface area contributed by atoms with Crippen molar-refractivity contribution in [1.29, 1.82) is 0 Å². The third-order valence-corrected chi connectivity index (χ3v) is 1.94. The minimum Gasteiger partial charge on any atom is -0.350 e. The number of hydrogen-bond donors (Lipinski definition) is 0. The van der Waals surface area contributed by atoms with Crippen molar-refractivity contribution >= 4 is 0 Å². The highest BCUT2D eigenvalue weighted by atomic mass is 16.7. The summed E-state index contributed by atoms with van der Waals surface area (Å²) in [5, 5.41) is 0. The maximum Gasteiger partial charge on any atom is 0.158 e. The first-order valence-corrected chi connectivity index (χ1v) is 4.60. The maximum atomic E-state index is 5.49. The lowest BCUT2D eigenvalue weighted by atomic mass is 10.2. The van der Waals surface area contributed by atoms with E-state index in [2.05, 4.69) is 13.8 Å². The Balaban J connectivity index is 1.99. The lowest BCUT2D eigenvalue weighted by Gasteiger charge is -2.08. The van der Waals surface area contributed by atoms with Crippen LogP contribution in [0.5, 0.6) is 0 Å². The van der Waals surface area contributed by atoms with Crippen molar-refractivity contribution in [2.45, 2.75) is 51.9 Å². The molecule has 2 heteroatoms. The van der Waals surface area contributed by atoms with Crippen LogP contribution in [0.1, 0.15) is 39.5 Å². The van der Waals surface area contributed by atoms with Crippen LogP contribution >= 0.6 is 0 Å². The zero-order valence-electron chi connectivity index (χ0n) is 7.51. The number of unbranched alkanes of at least 4 members (excludes halogenated alkanes) is 2. The average molecular weight is 158 g/mol. The van der Waals surface area contributed by atoms with Crippen molar-refractivity contribution < 1.29 is 9.47 Å². The van der Waals surface area contributed by atoms with Gasteiger partial charge in [0, 0.05) is 0 Å². The molecule has 0 bridgehead atoms. The summed E-state index contributed by atoms with van der Waals surface area (Å²) in [5.41, 5.74) is 0. The molecule has 11 heavy (non-hydrogen) atoms. The van der Waals surface area contributed by atoms with Gasteiger partial charge in [0.25, 0.3) is 0 Å². The highest BCUT2D eigenvalue weighted by Gasteiger charge is 2.21. The highest BCUT2D eigenvalue weighted by Crippen LogP contribution is 2.16. The third kappa shape index (κ3) is 3.21. The predicted octanol–water partition coefficient (Wildman–Crippen LogP) is 2.33. The van der Waals surface area contributed by atoms with E-state index in [0.29, 0.717) is 6.10 Å². The van der Waals surface area contributed by atoms with Gasteiger partial charge in [-0.1, -0.05) is 19.8 Å². The van der Waals surface area contributed by atoms with E-state index in [1.165, 1.54) is 19.3 Å². The summed E-state index contributed by atoms with van der Waals surface area (Å²) in [6, 6.07) is 0. The molecule has 0 unspecified atom stereocenters. The van der Waals surface area contributed by atoms with E-state index in [4.69, 9.17) is 9.47 Å². The van der Waals surface area contributed by atoms with E-state index in [1.54, 1.807) is 0 Å². The van der Waals surface area contributed by atoms with Crippen molar-refractivity contribution in [1.82, 2.24) is 0 Å². The number of rotatable bonds is 4. The minimum atomic E-state index is 0.0940. The van der Waals surface area contributed by atoms with Crippen LogP contribution in [0.2, 0.25) is 0 Å². The second kappa shape index (κ2) is 4.73. The van der Waals surface area contributed by atoms with Crippen molar-refractivity contribution in [2.24, 2.45) is 0 Å². The van der Waals surface area contributed by atoms with Crippen molar-refractivity contribution in [3.8, 4) is 0 Å². The fraction of sp³-hybridized carbons (Fsp3) is 1.00. The molecule has 1 aliphatic rings. The number of ether oxygens (including phenoxy) is 2. The molecule has 1 fully saturated rings. The van der Waals surface area contributed by atoms with E-state index in [-0.39, 0.29) is 6.29 Å². The number of hydrogen-bond acceptors (Lipinski definition) is 2. The standard InChI is InChI=1S/C9H18O2/c1-3-4-5-6-9-10-7-8(2)11-9/h8-9H,3-7H2,1-2H3/t8-,9-/m1/s1. The van der Waals surface area contributed by atoms with E-state index >= 15 is 0 Å². The van der Waals surface area contributed by atoms with Crippen LogP contribution in [0.25, 0.3) is 0 Å². The Morgan fingerprint density at radius 3 is 2.73 bits per heavy atom. The Morgan fingerprint density at radius 2 is 2.18 bits per heavy atom. The van der Waals surface area contributed by atoms with Gasteiger partial charge in [-0.3, -0.25) is 0 Å². The van der Waals surface area contributed by atoms with Crippen molar-refractivity contribution in [3.05, 3.63) is 0 Å². The molecule has 0 spiro atoms. The van der Waals surface area contributed by atoms with E-state index in [9.17, 15) is 0 Å². The summed E-state index contributed by atoms with van der Waals surface area (Å²) in [6.45, 7) is 5.04. The molecule has 0 N–H and O–H groups in total. The van der Waals surface area contributed by atoms with E-state index < -0.39 is 0 Å². The van der Waals surface area contributed by atoms with E-state index in [0.717, 1.165) is 13.0 Å². The van der Waals surface area contributed by atoms with Gasteiger partial charge in [0.2, 0.25) is 0 Å². The van der Waals surface area contributed by atoms with Crippen LogP contribution in [0, 0.1) is 0 Å². The summed E-state index contributed by atoms with van der Waals surface area (Å²) in [7, 11) is 0. The Morgan fingerprint density at radius 1 is 1.36 bits per heavy atom. The lowest BCUT2D eigenvalue weighted by molar-refractivity contribution is -0.0603. The van der Waals surface area contributed by atoms with Crippen LogP contribution in [0.4, 0.5) is 0 Å². The molecule has 1 aliphatic heterocycles. The van der Waals surface area contributed by atoms with Crippen LogP contribution in [-0.4, -0.2) is 19.0 Å².